The molecule has 1 aromatic heterocycles. The Morgan fingerprint density at radius 2 is 1.79 bits per heavy atom. The van der Waals surface area contributed by atoms with E-state index in [2.05, 4.69) is 15.2 Å². The predicted octanol–water partition coefficient (Wildman–Crippen LogP) is 6.07. The number of likely N-dealkylation sites (N-methyl/N-ethyl adjacent to an activating group) is 1. The Labute approximate surface area is 301 Å². The maximum atomic E-state index is 14.4. The zero-order valence-electron chi connectivity index (χ0n) is 30.0. The van der Waals surface area contributed by atoms with Crippen LogP contribution in [0.4, 0.5) is 29.3 Å². The van der Waals surface area contributed by atoms with Crippen molar-refractivity contribution in [2.24, 2.45) is 5.92 Å². The summed E-state index contributed by atoms with van der Waals surface area (Å²) in [5.74, 6) is -0.581. The quantitative estimate of drug-likeness (QED) is 0.248. The monoisotopic (exact) mass is 753 g/mol. The summed E-state index contributed by atoms with van der Waals surface area (Å²) in [4.78, 5) is 30.2. The van der Waals surface area contributed by atoms with Gasteiger partial charge in [-0.05, 0) is 89.4 Å². The number of carbonyl (C=O) groups excluding carboxylic acids is 2. The van der Waals surface area contributed by atoms with E-state index >= 15 is 0 Å². The Kier molecular flexibility index (Phi) is 13.2. The normalized spacial score (nSPS) is 19.9. The molecule has 0 radical (unpaired) electrons. The number of amides is 3. The van der Waals surface area contributed by atoms with Crippen molar-refractivity contribution < 1.29 is 50.3 Å². The van der Waals surface area contributed by atoms with Gasteiger partial charge in [-0.25, -0.2) is 13.2 Å². The molecule has 2 heterocycles. The molecule has 3 aromatic rings. The molecule has 0 saturated carbocycles. The van der Waals surface area contributed by atoms with Gasteiger partial charge in [-0.1, -0.05) is 12.1 Å². The summed E-state index contributed by atoms with van der Waals surface area (Å²) < 4.78 is 85.6. The number of aliphatic hydroxyl groups excluding tert-OH is 1. The number of halogens is 3. The fourth-order valence-electron chi connectivity index (χ4n) is 5.83. The third-order valence-electron chi connectivity index (χ3n) is 8.80. The first-order valence-corrected chi connectivity index (χ1v) is 18.4. The lowest BCUT2D eigenvalue weighted by Gasteiger charge is -2.35. The minimum Gasteiger partial charge on any atom is -0.490 e. The minimum atomic E-state index is -4.51. The third kappa shape index (κ3) is 10.2. The summed E-state index contributed by atoms with van der Waals surface area (Å²) in [5, 5.41) is 16.5. The Bertz CT molecular complexity index is 1780. The van der Waals surface area contributed by atoms with Crippen LogP contribution < -0.4 is 14.8 Å². The number of aliphatic hydroxyl groups is 1. The lowest BCUT2D eigenvalue weighted by atomic mass is 10.0. The maximum Gasteiger partial charge on any atom is 0.416 e. The number of anilines is 2. The molecule has 2 aromatic carbocycles. The van der Waals surface area contributed by atoms with Gasteiger partial charge in [0.2, 0.25) is 0 Å². The van der Waals surface area contributed by atoms with Crippen LogP contribution in [0.3, 0.4) is 0 Å². The SMILES string of the molecule is Cc1noc(C)c1S(=O)(=O)Nc1ccc2c(c1)C(=O)N([C@H](C)CO)C[C@@H](C)[C@@H](CN(C)C(=O)Nc1ccc(C(F)(F)F)cc1)OCCCC[C@@H](C)O2. The Morgan fingerprint density at radius 1 is 1.12 bits per heavy atom. The van der Waals surface area contributed by atoms with Crippen molar-refractivity contribution in [3.05, 3.63) is 65.0 Å². The molecule has 0 spiro atoms. The fraction of sp³-hybridized carbons (Fsp3) is 0.514. The molecule has 0 unspecified atom stereocenters. The lowest BCUT2D eigenvalue weighted by Crippen LogP contribution is -2.48. The summed E-state index contributed by atoms with van der Waals surface area (Å²) in [6, 6.07) is 7.27. The number of fused-ring (bicyclic) bond motifs is 1. The van der Waals surface area contributed by atoms with E-state index in [1.807, 2.05) is 13.8 Å². The van der Waals surface area contributed by atoms with Crippen LogP contribution in [0.25, 0.3) is 0 Å². The summed E-state index contributed by atoms with van der Waals surface area (Å²) in [6.07, 6.45) is -3.41. The maximum absolute atomic E-state index is 14.4. The summed E-state index contributed by atoms with van der Waals surface area (Å²) >= 11 is 0. The van der Waals surface area contributed by atoms with E-state index in [-0.39, 0.29) is 64.8 Å². The molecule has 0 bridgehead atoms. The van der Waals surface area contributed by atoms with Gasteiger partial charge in [0.1, 0.15) is 11.4 Å². The highest BCUT2D eigenvalue weighted by Crippen LogP contribution is 2.32. The highest BCUT2D eigenvalue weighted by atomic mass is 32.2. The minimum absolute atomic E-state index is 0.0703. The van der Waals surface area contributed by atoms with Gasteiger partial charge in [0.05, 0.1) is 36.0 Å². The largest absolute Gasteiger partial charge is 0.490 e. The van der Waals surface area contributed by atoms with E-state index in [9.17, 15) is 36.3 Å². The van der Waals surface area contributed by atoms with E-state index < -0.39 is 51.8 Å². The highest BCUT2D eigenvalue weighted by Gasteiger charge is 2.33. The second-order valence-electron chi connectivity index (χ2n) is 13.2. The van der Waals surface area contributed by atoms with E-state index in [4.69, 9.17) is 14.0 Å². The number of urea groups is 1. The van der Waals surface area contributed by atoms with Crippen molar-refractivity contribution in [1.82, 2.24) is 15.0 Å². The van der Waals surface area contributed by atoms with Gasteiger partial charge in [-0.2, -0.15) is 13.2 Å². The van der Waals surface area contributed by atoms with Crippen LogP contribution in [-0.2, 0) is 20.9 Å². The topological polar surface area (TPSA) is 164 Å². The van der Waals surface area contributed by atoms with Crippen LogP contribution in [0.5, 0.6) is 5.75 Å². The van der Waals surface area contributed by atoms with Gasteiger partial charge in [0.15, 0.2) is 10.7 Å². The van der Waals surface area contributed by atoms with Crippen molar-refractivity contribution in [2.45, 2.75) is 83.2 Å². The van der Waals surface area contributed by atoms with E-state index in [1.165, 1.54) is 61.0 Å². The van der Waals surface area contributed by atoms with Crippen molar-refractivity contribution in [3.8, 4) is 5.75 Å². The summed E-state index contributed by atoms with van der Waals surface area (Å²) in [7, 11) is -2.61. The molecule has 4 rings (SSSR count). The molecule has 52 heavy (non-hydrogen) atoms. The number of nitrogens with one attached hydrogen (secondary N) is 2. The predicted molar refractivity (Wildman–Crippen MR) is 187 cm³/mol. The molecule has 13 nitrogen and oxygen atoms in total. The van der Waals surface area contributed by atoms with Crippen LogP contribution >= 0.6 is 0 Å². The van der Waals surface area contributed by atoms with Crippen LogP contribution in [0, 0.1) is 19.8 Å². The Balaban J connectivity index is 1.60. The molecular weight excluding hydrogens is 707 g/mol. The molecular formula is C35H46F3N5O8S. The average molecular weight is 754 g/mol. The third-order valence-corrected chi connectivity index (χ3v) is 10.4. The molecule has 0 fully saturated rings. The number of rotatable bonds is 8. The molecule has 17 heteroatoms. The van der Waals surface area contributed by atoms with Gasteiger partial charge in [0, 0.05) is 44.0 Å². The molecule has 0 saturated heterocycles. The van der Waals surface area contributed by atoms with E-state index in [0.717, 1.165) is 18.6 Å². The number of aryl methyl sites for hydroxylation is 2. The molecule has 3 N–H and O–H groups in total. The Hall–Kier alpha value is -4.35. The first-order chi connectivity index (χ1) is 24.4. The van der Waals surface area contributed by atoms with Crippen molar-refractivity contribution in [2.75, 3.05) is 43.4 Å². The van der Waals surface area contributed by atoms with Crippen LogP contribution in [0.15, 0.2) is 51.9 Å². The smallest absolute Gasteiger partial charge is 0.416 e. The average Bonchev–Trinajstić information content (AvgIpc) is 3.43. The standard InChI is InChI=1S/C35H46F3N5O8S/c1-21-18-43(22(2)20-44)33(45)29-17-28(41-52(47,48)32-24(4)40-51-25(32)5)14-15-30(29)50-23(3)9-7-8-16-49-31(21)19-42(6)34(46)39-27-12-10-26(11-13-27)35(36,37)38/h10-15,17,21-23,31,41,44H,7-9,16,18-20H2,1-6H3,(H,39,46)/t21-,22-,23-,31-/m1/s1. The number of ether oxygens (including phenoxy) is 2. The van der Waals surface area contributed by atoms with Crippen molar-refractivity contribution in [3.63, 3.8) is 0 Å². The zero-order valence-corrected chi connectivity index (χ0v) is 30.8. The molecule has 1 aliphatic rings. The van der Waals surface area contributed by atoms with Gasteiger partial charge < -0.3 is 34.2 Å². The van der Waals surface area contributed by atoms with E-state index in [1.54, 1.807) is 6.92 Å². The summed E-state index contributed by atoms with van der Waals surface area (Å²) in [5.41, 5.74) is -0.318. The number of sulfonamides is 1. The number of benzene rings is 2. The second kappa shape index (κ2) is 17.0. The highest BCUT2D eigenvalue weighted by molar-refractivity contribution is 7.92. The lowest BCUT2D eigenvalue weighted by molar-refractivity contribution is -0.137. The Morgan fingerprint density at radius 3 is 2.40 bits per heavy atom. The number of hydrogen-bond donors (Lipinski definition) is 3. The van der Waals surface area contributed by atoms with Gasteiger partial charge in [-0.15, -0.1) is 0 Å². The first-order valence-electron chi connectivity index (χ1n) is 16.9. The molecule has 4 atom stereocenters. The van der Waals surface area contributed by atoms with Crippen LogP contribution in [0.2, 0.25) is 0 Å². The fourth-order valence-corrected chi connectivity index (χ4v) is 7.21. The van der Waals surface area contributed by atoms with Crippen molar-refractivity contribution in [1.29, 1.82) is 0 Å². The number of nitrogens with zero attached hydrogens (tertiary/aromatic N) is 3. The number of carbonyl (C=O) groups is 2. The van der Waals surface area contributed by atoms with Crippen molar-refractivity contribution >= 4 is 33.3 Å². The van der Waals surface area contributed by atoms with Gasteiger partial charge >= 0.3 is 12.2 Å². The number of hydrogen-bond acceptors (Lipinski definition) is 9. The van der Waals surface area contributed by atoms with Gasteiger partial charge in [0.25, 0.3) is 15.9 Å². The number of aromatic nitrogens is 1. The van der Waals surface area contributed by atoms with E-state index in [0.29, 0.717) is 19.4 Å². The molecule has 0 aliphatic carbocycles. The number of alkyl halides is 3. The first kappa shape index (κ1) is 40.4. The molecule has 3 amide bonds. The van der Waals surface area contributed by atoms with Crippen LogP contribution in [0.1, 0.15) is 67.4 Å². The molecule has 1 aliphatic heterocycles. The zero-order chi connectivity index (χ0) is 38.4. The molecule has 286 valence electrons. The van der Waals surface area contributed by atoms with Gasteiger partial charge in [-0.3, -0.25) is 9.52 Å². The van der Waals surface area contributed by atoms with Crippen LogP contribution in [-0.4, -0.2) is 92.0 Å². The second-order valence-corrected chi connectivity index (χ2v) is 14.8. The summed E-state index contributed by atoms with van der Waals surface area (Å²) in [6.45, 7) is 8.47.